The fraction of sp³-hybridized carbons (Fsp3) is 0.552. The predicted molar refractivity (Wildman–Crippen MR) is 144 cm³/mol. The van der Waals surface area contributed by atoms with Crippen LogP contribution in [0.1, 0.15) is 94.5 Å². The van der Waals surface area contributed by atoms with Gasteiger partial charge in [0.05, 0.1) is 5.75 Å². The van der Waals surface area contributed by atoms with Crippen LogP contribution in [0.15, 0.2) is 47.6 Å². The van der Waals surface area contributed by atoms with Crippen LogP contribution in [0.5, 0.6) is 0 Å². The Labute approximate surface area is 213 Å². The molecule has 2 aliphatic rings. The van der Waals surface area contributed by atoms with Crippen molar-refractivity contribution in [2.75, 3.05) is 5.75 Å². The van der Waals surface area contributed by atoms with Gasteiger partial charge in [0.1, 0.15) is 5.82 Å². The van der Waals surface area contributed by atoms with Crippen molar-refractivity contribution in [3.05, 3.63) is 53.9 Å². The molecule has 5 rings (SSSR count). The summed E-state index contributed by atoms with van der Waals surface area (Å²) >= 11 is 1.56. The molecule has 0 aliphatic heterocycles. The standard InChI is InChI=1S/C29H38N4OS/c34-28(30-24-15-5-2-1-3-6-16-24)21-35-29-32-31-27(33(29)25-17-7-4-8-18-25)20-23-14-11-13-22-12-9-10-19-26(22)23/h9-14,19,24-25H,1-8,15-18,20-21H2,(H,30,34). The number of nitrogens with one attached hydrogen (secondary N) is 1. The quantitative estimate of drug-likeness (QED) is 0.368. The van der Waals surface area contributed by atoms with Gasteiger partial charge < -0.3 is 9.88 Å². The Morgan fingerprint density at radius 2 is 1.54 bits per heavy atom. The van der Waals surface area contributed by atoms with Gasteiger partial charge in [-0.25, -0.2) is 0 Å². The average Bonchev–Trinajstić information content (AvgIpc) is 3.27. The molecule has 1 N–H and O–H groups in total. The Hall–Kier alpha value is -2.34. The maximum absolute atomic E-state index is 12.8. The number of fused-ring (bicyclic) bond motifs is 1. The first-order valence-electron chi connectivity index (χ1n) is 13.6. The maximum Gasteiger partial charge on any atom is 0.230 e. The molecule has 0 bridgehead atoms. The van der Waals surface area contributed by atoms with E-state index >= 15 is 0 Å². The van der Waals surface area contributed by atoms with Gasteiger partial charge in [0, 0.05) is 18.5 Å². The number of nitrogens with zero attached hydrogens (tertiary/aromatic N) is 3. The molecule has 2 saturated carbocycles. The largest absolute Gasteiger partial charge is 0.353 e. The van der Waals surface area contributed by atoms with Crippen molar-refractivity contribution >= 4 is 28.4 Å². The summed E-state index contributed by atoms with van der Waals surface area (Å²) < 4.78 is 2.37. The number of carbonyl (C=O) groups excluding carboxylic acids is 1. The predicted octanol–water partition coefficient (Wildman–Crippen LogP) is 6.85. The highest BCUT2D eigenvalue weighted by molar-refractivity contribution is 7.99. The van der Waals surface area contributed by atoms with Crippen LogP contribution < -0.4 is 5.32 Å². The van der Waals surface area contributed by atoms with Gasteiger partial charge in [0.25, 0.3) is 0 Å². The fourth-order valence-electron chi connectivity index (χ4n) is 5.85. The minimum atomic E-state index is 0.134. The van der Waals surface area contributed by atoms with E-state index in [4.69, 9.17) is 0 Å². The van der Waals surface area contributed by atoms with Crippen LogP contribution >= 0.6 is 11.8 Å². The number of amides is 1. The van der Waals surface area contributed by atoms with Gasteiger partial charge >= 0.3 is 0 Å². The zero-order valence-electron chi connectivity index (χ0n) is 20.8. The van der Waals surface area contributed by atoms with Crippen LogP contribution in [0.4, 0.5) is 0 Å². The van der Waals surface area contributed by atoms with E-state index in [-0.39, 0.29) is 5.91 Å². The van der Waals surface area contributed by atoms with Gasteiger partial charge in [-0.15, -0.1) is 10.2 Å². The van der Waals surface area contributed by atoms with Crippen molar-refractivity contribution in [3.63, 3.8) is 0 Å². The molecular weight excluding hydrogens is 452 g/mol. The van der Waals surface area contributed by atoms with E-state index in [1.54, 1.807) is 11.8 Å². The minimum absolute atomic E-state index is 0.134. The van der Waals surface area contributed by atoms with Crippen molar-refractivity contribution in [1.29, 1.82) is 0 Å². The summed E-state index contributed by atoms with van der Waals surface area (Å²) in [6.07, 6.45) is 15.5. The highest BCUT2D eigenvalue weighted by atomic mass is 32.2. The maximum atomic E-state index is 12.8. The van der Waals surface area contributed by atoms with Gasteiger partial charge in [0.2, 0.25) is 5.91 Å². The summed E-state index contributed by atoms with van der Waals surface area (Å²) in [6, 6.07) is 15.8. The van der Waals surface area contributed by atoms with E-state index in [0.717, 1.165) is 30.2 Å². The monoisotopic (exact) mass is 490 g/mol. The smallest absolute Gasteiger partial charge is 0.230 e. The van der Waals surface area contributed by atoms with E-state index in [1.165, 1.54) is 80.5 Å². The third-order valence-electron chi connectivity index (χ3n) is 7.71. The van der Waals surface area contributed by atoms with E-state index in [9.17, 15) is 4.79 Å². The van der Waals surface area contributed by atoms with Crippen molar-refractivity contribution in [3.8, 4) is 0 Å². The lowest BCUT2D eigenvalue weighted by molar-refractivity contribution is -0.119. The van der Waals surface area contributed by atoms with Crippen LogP contribution in [0.3, 0.4) is 0 Å². The minimum Gasteiger partial charge on any atom is -0.353 e. The third-order valence-corrected chi connectivity index (χ3v) is 8.65. The highest BCUT2D eigenvalue weighted by Crippen LogP contribution is 2.34. The molecule has 5 nitrogen and oxygen atoms in total. The fourth-order valence-corrected chi connectivity index (χ4v) is 6.68. The zero-order chi connectivity index (χ0) is 23.9. The molecular formula is C29H38N4OS. The van der Waals surface area contributed by atoms with Crippen LogP contribution in [0, 0.1) is 0 Å². The van der Waals surface area contributed by atoms with Crippen molar-refractivity contribution in [2.24, 2.45) is 0 Å². The average molecular weight is 491 g/mol. The Kier molecular flexibility index (Phi) is 8.40. The zero-order valence-corrected chi connectivity index (χ0v) is 21.6. The summed E-state index contributed by atoms with van der Waals surface area (Å²) in [5, 5.41) is 16.0. The normalized spacial score (nSPS) is 18.3. The van der Waals surface area contributed by atoms with Gasteiger partial charge in [-0.2, -0.15) is 0 Å². The molecule has 2 aromatic carbocycles. The van der Waals surface area contributed by atoms with E-state index in [1.807, 2.05) is 0 Å². The summed E-state index contributed by atoms with van der Waals surface area (Å²) in [5.41, 5.74) is 1.28. The van der Waals surface area contributed by atoms with Crippen LogP contribution in [0.25, 0.3) is 10.8 Å². The summed E-state index contributed by atoms with van der Waals surface area (Å²) in [7, 11) is 0. The SMILES string of the molecule is O=C(CSc1nnc(Cc2cccc3ccccc23)n1C1CCCCC1)NC1CCCCCCC1. The summed E-state index contributed by atoms with van der Waals surface area (Å²) in [6.45, 7) is 0. The van der Waals surface area contributed by atoms with E-state index in [0.29, 0.717) is 17.8 Å². The third kappa shape index (κ3) is 6.27. The highest BCUT2D eigenvalue weighted by Gasteiger charge is 2.24. The molecule has 0 saturated heterocycles. The summed E-state index contributed by atoms with van der Waals surface area (Å²) in [5.74, 6) is 1.57. The number of rotatable bonds is 7. The second kappa shape index (κ2) is 12.1. The first-order chi connectivity index (χ1) is 17.3. The van der Waals surface area contributed by atoms with Crippen LogP contribution in [-0.2, 0) is 11.2 Å². The molecule has 35 heavy (non-hydrogen) atoms. The lowest BCUT2D eigenvalue weighted by atomic mass is 9.95. The van der Waals surface area contributed by atoms with Crippen molar-refractivity contribution in [1.82, 2.24) is 20.1 Å². The Bertz CT molecular complexity index is 1110. The molecule has 0 atom stereocenters. The number of hydrogen-bond acceptors (Lipinski definition) is 4. The number of thioether (sulfide) groups is 1. The molecule has 1 aromatic heterocycles. The van der Waals surface area contributed by atoms with Crippen molar-refractivity contribution in [2.45, 2.75) is 101 Å². The molecule has 1 amide bonds. The Balaban J connectivity index is 1.31. The molecule has 0 radical (unpaired) electrons. The number of aromatic nitrogens is 3. The Morgan fingerprint density at radius 3 is 2.37 bits per heavy atom. The lowest BCUT2D eigenvalue weighted by Crippen LogP contribution is -2.36. The van der Waals surface area contributed by atoms with Crippen LogP contribution in [0.2, 0.25) is 0 Å². The lowest BCUT2D eigenvalue weighted by Gasteiger charge is -2.26. The second-order valence-corrected chi connectivity index (χ2v) is 11.2. The van der Waals surface area contributed by atoms with Gasteiger partial charge in [-0.05, 0) is 42.0 Å². The van der Waals surface area contributed by atoms with E-state index in [2.05, 4.69) is 62.5 Å². The molecule has 1 heterocycles. The Morgan fingerprint density at radius 1 is 0.857 bits per heavy atom. The summed E-state index contributed by atoms with van der Waals surface area (Å²) in [4.78, 5) is 12.8. The topological polar surface area (TPSA) is 59.8 Å². The number of benzene rings is 2. The molecule has 186 valence electrons. The molecule has 0 spiro atoms. The number of carbonyl (C=O) groups is 1. The van der Waals surface area contributed by atoms with Crippen LogP contribution in [-0.4, -0.2) is 32.5 Å². The van der Waals surface area contributed by atoms with Gasteiger partial charge in [0.15, 0.2) is 5.16 Å². The molecule has 0 unspecified atom stereocenters. The molecule has 2 fully saturated rings. The molecule has 2 aliphatic carbocycles. The van der Waals surface area contributed by atoms with Gasteiger partial charge in [-0.1, -0.05) is 106 Å². The second-order valence-electron chi connectivity index (χ2n) is 10.3. The first-order valence-corrected chi connectivity index (χ1v) is 14.6. The van der Waals surface area contributed by atoms with E-state index < -0.39 is 0 Å². The molecule has 3 aromatic rings. The van der Waals surface area contributed by atoms with Gasteiger partial charge in [-0.3, -0.25) is 4.79 Å². The number of hydrogen-bond donors (Lipinski definition) is 1. The van der Waals surface area contributed by atoms with Crippen molar-refractivity contribution < 1.29 is 4.79 Å². The molecule has 6 heteroatoms. The first kappa shape index (κ1) is 24.4.